The number of hydrogen-bond acceptors (Lipinski definition) is 3. The highest BCUT2D eigenvalue weighted by molar-refractivity contribution is 7.10. The zero-order valence-electron chi connectivity index (χ0n) is 12.4. The standard InChI is InChI=1S/C16H19FN2OS/c1-11-6-7-14(13(17)9-11)18-16(20)10-19(3)12(2)15-5-4-8-21-15/h4-9,12H,10H2,1-3H3,(H,18,20)/t12-/m0/s1. The number of rotatable bonds is 5. The Morgan fingerprint density at radius 3 is 2.81 bits per heavy atom. The van der Waals surface area contributed by atoms with Gasteiger partial charge in [-0.3, -0.25) is 9.69 Å². The highest BCUT2D eigenvalue weighted by Crippen LogP contribution is 2.23. The molecule has 5 heteroatoms. The van der Waals surface area contributed by atoms with Crippen LogP contribution in [-0.4, -0.2) is 24.4 Å². The van der Waals surface area contributed by atoms with Crippen LogP contribution < -0.4 is 5.32 Å². The molecule has 0 aliphatic heterocycles. The second-order valence-corrected chi connectivity index (χ2v) is 6.12. The van der Waals surface area contributed by atoms with Crippen molar-refractivity contribution in [3.63, 3.8) is 0 Å². The van der Waals surface area contributed by atoms with Crippen LogP contribution in [0, 0.1) is 12.7 Å². The van der Waals surface area contributed by atoms with Crippen LogP contribution >= 0.6 is 11.3 Å². The van der Waals surface area contributed by atoms with E-state index in [1.165, 1.54) is 10.9 Å². The van der Waals surface area contributed by atoms with E-state index >= 15 is 0 Å². The van der Waals surface area contributed by atoms with Gasteiger partial charge >= 0.3 is 0 Å². The fraction of sp³-hybridized carbons (Fsp3) is 0.312. The minimum Gasteiger partial charge on any atom is -0.322 e. The summed E-state index contributed by atoms with van der Waals surface area (Å²) in [5.41, 5.74) is 1.05. The van der Waals surface area contributed by atoms with Crippen LogP contribution in [0.15, 0.2) is 35.7 Å². The molecule has 0 unspecified atom stereocenters. The number of nitrogens with zero attached hydrogens (tertiary/aromatic N) is 1. The second-order valence-electron chi connectivity index (χ2n) is 5.14. The predicted octanol–water partition coefficient (Wildman–Crippen LogP) is 3.83. The molecule has 1 amide bonds. The Labute approximate surface area is 128 Å². The summed E-state index contributed by atoms with van der Waals surface area (Å²) in [7, 11) is 1.88. The molecule has 1 aromatic heterocycles. The van der Waals surface area contributed by atoms with Crippen molar-refractivity contribution in [1.82, 2.24) is 4.90 Å². The molecular formula is C16H19FN2OS. The van der Waals surface area contributed by atoms with E-state index in [9.17, 15) is 9.18 Å². The fourth-order valence-corrected chi connectivity index (χ4v) is 2.87. The average molecular weight is 306 g/mol. The molecule has 0 radical (unpaired) electrons. The first-order valence-corrected chi connectivity index (χ1v) is 7.65. The lowest BCUT2D eigenvalue weighted by molar-refractivity contribution is -0.117. The van der Waals surface area contributed by atoms with Crippen molar-refractivity contribution in [3.8, 4) is 0 Å². The molecule has 0 bridgehead atoms. The molecule has 0 fully saturated rings. The molecule has 1 N–H and O–H groups in total. The molecule has 2 rings (SSSR count). The van der Waals surface area contributed by atoms with E-state index in [-0.39, 0.29) is 24.2 Å². The molecule has 1 heterocycles. The fourth-order valence-electron chi connectivity index (χ4n) is 2.02. The monoisotopic (exact) mass is 306 g/mol. The van der Waals surface area contributed by atoms with Gasteiger partial charge in [-0.2, -0.15) is 0 Å². The quantitative estimate of drug-likeness (QED) is 0.910. The van der Waals surface area contributed by atoms with Gasteiger partial charge in [-0.15, -0.1) is 11.3 Å². The van der Waals surface area contributed by atoms with Gasteiger partial charge in [-0.05, 0) is 50.0 Å². The number of amides is 1. The minimum absolute atomic E-state index is 0.151. The molecule has 21 heavy (non-hydrogen) atoms. The molecule has 1 aromatic carbocycles. The lowest BCUT2D eigenvalue weighted by Crippen LogP contribution is -2.32. The number of nitrogens with one attached hydrogen (secondary N) is 1. The van der Waals surface area contributed by atoms with Crippen molar-refractivity contribution >= 4 is 22.9 Å². The molecule has 1 atom stereocenters. The van der Waals surface area contributed by atoms with Crippen LogP contribution in [0.4, 0.5) is 10.1 Å². The van der Waals surface area contributed by atoms with Crippen molar-refractivity contribution in [2.45, 2.75) is 19.9 Å². The van der Waals surface area contributed by atoms with Crippen LogP contribution in [0.2, 0.25) is 0 Å². The minimum atomic E-state index is -0.405. The number of likely N-dealkylation sites (N-methyl/N-ethyl adjacent to an activating group) is 1. The number of anilines is 1. The van der Waals surface area contributed by atoms with E-state index in [0.29, 0.717) is 0 Å². The Morgan fingerprint density at radius 1 is 1.43 bits per heavy atom. The van der Waals surface area contributed by atoms with Crippen molar-refractivity contribution in [2.24, 2.45) is 0 Å². The van der Waals surface area contributed by atoms with E-state index in [4.69, 9.17) is 0 Å². The number of thiophene rings is 1. The largest absolute Gasteiger partial charge is 0.322 e. The molecule has 0 saturated carbocycles. The molecular weight excluding hydrogens is 287 g/mol. The summed E-state index contributed by atoms with van der Waals surface area (Å²) in [5.74, 6) is -0.624. The first-order chi connectivity index (χ1) is 9.97. The van der Waals surface area contributed by atoms with Crippen molar-refractivity contribution in [1.29, 1.82) is 0 Å². The zero-order chi connectivity index (χ0) is 15.4. The maximum Gasteiger partial charge on any atom is 0.238 e. The number of hydrogen-bond donors (Lipinski definition) is 1. The van der Waals surface area contributed by atoms with Gasteiger partial charge < -0.3 is 5.32 Å². The van der Waals surface area contributed by atoms with Crippen LogP contribution in [-0.2, 0) is 4.79 Å². The first kappa shape index (κ1) is 15.7. The van der Waals surface area contributed by atoms with Crippen molar-refractivity contribution in [2.75, 3.05) is 18.9 Å². The molecule has 0 aliphatic carbocycles. The van der Waals surface area contributed by atoms with Gasteiger partial charge in [0.05, 0.1) is 12.2 Å². The van der Waals surface area contributed by atoms with Crippen molar-refractivity contribution < 1.29 is 9.18 Å². The summed E-state index contributed by atoms with van der Waals surface area (Å²) in [4.78, 5) is 15.2. The zero-order valence-corrected chi connectivity index (χ0v) is 13.2. The van der Waals surface area contributed by atoms with E-state index < -0.39 is 5.82 Å². The second kappa shape index (κ2) is 6.83. The number of halogens is 1. The van der Waals surface area contributed by atoms with Gasteiger partial charge in [0.25, 0.3) is 0 Å². The summed E-state index contributed by atoms with van der Waals surface area (Å²) in [6.07, 6.45) is 0. The number of carbonyl (C=O) groups is 1. The molecule has 112 valence electrons. The molecule has 0 spiro atoms. The Kier molecular flexibility index (Phi) is 5.09. The maximum atomic E-state index is 13.7. The topological polar surface area (TPSA) is 32.3 Å². The Hall–Kier alpha value is -1.72. The van der Waals surface area contributed by atoms with E-state index in [0.717, 1.165) is 5.56 Å². The summed E-state index contributed by atoms with van der Waals surface area (Å²) in [6, 6.07) is 8.96. The predicted molar refractivity (Wildman–Crippen MR) is 85.1 cm³/mol. The van der Waals surface area contributed by atoms with Crippen LogP contribution in [0.3, 0.4) is 0 Å². The van der Waals surface area contributed by atoms with E-state index in [2.05, 4.69) is 5.32 Å². The van der Waals surface area contributed by atoms with Crippen molar-refractivity contribution in [3.05, 3.63) is 52.0 Å². The smallest absolute Gasteiger partial charge is 0.238 e. The Balaban J connectivity index is 1.95. The summed E-state index contributed by atoms with van der Waals surface area (Å²) >= 11 is 1.66. The third-order valence-corrected chi connectivity index (χ3v) is 4.45. The lowest BCUT2D eigenvalue weighted by atomic mass is 10.2. The highest BCUT2D eigenvalue weighted by atomic mass is 32.1. The van der Waals surface area contributed by atoms with Gasteiger partial charge in [-0.1, -0.05) is 12.1 Å². The van der Waals surface area contributed by atoms with Gasteiger partial charge in [0.2, 0.25) is 5.91 Å². The maximum absolute atomic E-state index is 13.7. The van der Waals surface area contributed by atoms with Gasteiger partial charge in [-0.25, -0.2) is 4.39 Å². The van der Waals surface area contributed by atoms with Crippen LogP contribution in [0.25, 0.3) is 0 Å². The number of benzene rings is 1. The van der Waals surface area contributed by atoms with Gasteiger partial charge in [0.15, 0.2) is 0 Å². The Bertz CT molecular complexity index is 613. The molecule has 3 nitrogen and oxygen atoms in total. The van der Waals surface area contributed by atoms with Gasteiger partial charge in [0.1, 0.15) is 5.82 Å². The SMILES string of the molecule is Cc1ccc(NC(=O)CN(C)[C@@H](C)c2cccs2)c(F)c1. The summed E-state index contributed by atoms with van der Waals surface area (Å²) in [5, 5.41) is 4.63. The highest BCUT2D eigenvalue weighted by Gasteiger charge is 2.16. The summed E-state index contributed by atoms with van der Waals surface area (Å²) < 4.78 is 13.7. The molecule has 0 aliphatic rings. The van der Waals surface area contributed by atoms with Crippen LogP contribution in [0.5, 0.6) is 0 Å². The first-order valence-electron chi connectivity index (χ1n) is 6.77. The van der Waals surface area contributed by atoms with E-state index in [1.807, 2.05) is 43.3 Å². The molecule has 2 aromatic rings. The molecule has 0 saturated heterocycles. The Morgan fingerprint density at radius 2 is 2.19 bits per heavy atom. The van der Waals surface area contributed by atoms with Crippen LogP contribution in [0.1, 0.15) is 23.4 Å². The summed E-state index contributed by atoms with van der Waals surface area (Å²) in [6.45, 7) is 4.07. The van der Waals surface area contributed by atoms with Gasteiger partial charge in [0, 0.05) is 10.9 Å². The number of aryl methyl sites for hydroxylation is 1. The normalized spacial score (nSPS) is 12.4. The average Bonchev–Trinajstić information content (AvgIpc) is 2.95. The third kappa shape index (κ3) is 4.12. The lowest BCUT2D eigenvalue weighted by Gasteiger charge is -2.23. The third-order valence-electron chi connectivity index (χ3n) is 3.41. The number of carbonyl (C=O) groups excluding carboxylic acids is 1. The van der Waals surface area contributed by atoms with E-state index in [1.54, 1.807) is 23.5 Å².